The Hall–Kier alpha value is -1.54. The van der Waals surface area contributed by atoms with Crippen LogP contribution in [0.2, 0.25) is 0 Å². The average molecular weight is 365 g/mol. The molecule has 1 aromatic carbocycles. The van der Waals surface area contributed by atoms with Gasteiger partial charge in [-0.05, 0) is 35.5 Å². The molecule has 0 aliphatic heterocycles. The lowest BCUT2D eigenvalue weighted by Crippen LogP contribution is -2.52. The number of nitrogens with one attached hydrogen (secondary N) is 2. The highest BCUT2D eigenvalue weighted by molar-refractivity contribution is 9.10. The van der Waals surface area contributed by atoms with E-state index in [-0.39, 0.29) is 16.6 Å². The molecule has 0 saturated carbocycles. The minimum absolute atomic E-state index is 0.0905. The fraction of sp³-hybridized carbons (Fsp3) is 0.385. The van der Waals surface area contributed by atoms with Crippen LogP contribution in [0.5, 0.6) is 0 Å². The Bertz CT molecular complexity index is 569. The van der Waals surface area contributed by atoms with Crippen LogP contribution in [-0.2, 0) is 15.1 Å². The molecule has 1 aromatic rings. The predicted molar refractivity (Wildman–Crippen MR) is 75.7 cm³/mol. The largest absolute Gasteiger partial charge is 0.479 e. The molecule has 1 amide bonds. The van der Waals surface area contributed by atoms with E-state index in [2.05, 4.69) is 26.6 Å². The number of carbonyl (C=O) groups is 2. The summed E-state index contributed by atoms with van der Waals surface area (Å²) in [6.45, 7) is 3.33. The number of carbonyl (C=O) groups excluding carboxylic acids is 1. The molecule has 8 heteroatoms. The average Bonchev–Trinajstić information content (AvgIpc) is 2.40. The maximum Gasteiger partial charge on any atom is 0.333 e. The fourth-order valence-corrected chi connectivity index (χ4v) is 2.05. The zero-order chi connectivity index (χ0) is 16.2. The molecule has 0 aromatic heterocycles. The number of rotatable bonds is 6. The fourth-order valence-electron chi connectivity index (χ4n) is 1.70. The monoisotopic (exact) mass is 364 g/mol. The molecule has 0 radical (unpaired) electrons. The normalized spacial score (nSPS) is 13.6. The van der Waals surface area contributed by atoms with Gasteiger partial charge in [-0.15, -0.1) is 0 Å². The third kappa shape index (κ3) is 3.98. The van der Waals surface area contributed by atoms with Gasteiger partial charge in [-0.25, -0.2) is 13.6 Å². The van der Waals surface area contributed by atoms with Gasteiger partial charge in [0.15, 0.2) is 5.54 Å². The summed E-state index contributed by atoms with van der Waals surface area (Å²) < 4.78 is 27.1. The first-order chi connectivity index (χ1) is 9.72. The lowest BCUT2D eigenvalue weighted by Gasteiger charge is -2.27. The van der Waals surface area contributed by atoms with Crippen molar-refractivity contribution in [2.24, 2.45) is 0 Å². The van der Waals surface area contributed by atoms with Crippen molar-refractivity contribution in [2.45, 2.75) is 19.4 Å². The first-order valence-electron chi connectivity index (χ1n) is 6.12. The molecule has 0 spiro atoms. The standard InChI is InChI=1S/C13H15BrF2N2O3/c1-3-17-6-11(19)18-13(2,12(20)21)7-4-8(14)10(16)5-9(7)15/h4-5,17H,3,6H2,1-2H3,(H,18,19)(H,20,21). The second kappa shape index (κ2) is 6.95. The maximum atomic E-state index is 13.9. The Morgan fingerprint density at radius 2 is 1.95 bits per heavy atom. The molecule has 3 N–H and O–H groups in total. The molecule has 0 bridgehead atoms. The zero-order valence-electron chi connectivity index (χ0n) is 11.5. The number of amides is 1. The number of likely N-dealkylation sites (N-methyl/N-ethyl adjacent to an activating group) is 1. The molecule has 116 valence electrons. The molecule has 0 fully saturated rings. The van der Waals surface area contributed by atoms with Crippen LogP contribution >= 0.6 is 15.9 Å². The molecule has 0 saturated heterocycles. The number of carboxylic acid groups (broad SMARTS) is 1. The van der Waals surface area contributed by atoms with Gasteiger partial charge in [0.05, 0.1) is 11.0 Å². The van der Waals surface area contributed by atoms with Crippen LogP contribution in [-0.4, -0.2) is 30.1 Å². The minimum Gasteiger partial charge on any atom is -0.479 e. The lowest BCUT2D eigenvalue weighted by atomic mass is 9.91. The van der Waals surface area contributed by atoms with Gasteiger partial charge in [-0.1, -0.05) is 6.92 Å². The highest BCUT2D eigenvalue weighted by atomic mass is 79.9. The molecule has 1 rings (SSSR count). The molecule has 1 atom stereocenters. The Kier molecular flexibility index (Phi) is 5.79. The number of carboxylic acids is 1. The first kappa shape index (κ1) is 17.5. The number of hydrogen-bond donors (Lipinski definition) is 3. The van der Waals surface area contributed by atoms with Gasteiger partial charge in [0.1, 0.15) is 11.6 Å². The van der Waals surface area contributed by atoms with Gasteiger partial charge in [0.2, 0.25) is 5.91 Å². The third-order valence-electron chi connectivity index (χ3n) is 2.90. The van der Waals surface area contributed by atoms with Crippen LogP contribution in [0.15, 0.2) is 16.6 Å². The van der Waals surface area contributed by atoms with E-state index < -0.39 is 29.0 Å². The smallest absolute Gasteiger partial charge is 0.333 e. The maximum absolute atomic E-state index is 13.9. The number of aliphatic carboxylic acids is 1. The minimum atomic E-state index is -2.01. The topological polar surface area (TPSA) is 78.4 Å². The van der Waals surface area contributed by atoms with Crippen LogP contribution in [0.1, 0.15) is 19.4 Å². The highest BCUT2D eigenvalue weighted by Gasteiger charge is 2.39. The van der Waals surface area contributed by atoms with Crippen molar-refractivity contribution in [3.63, 3.8) is 0 Å². The number of hydrogen-bond acceptors (Lipinski definition) is 3. The summed E-state index contributed by atoms with van der Waals surface area (Å²) >= 11 is 2.87. The molecule has 21 heavy (non-hydrogen) atoms. The molecular formula is C13H15BrF2N2O3. The second-order valence-electron chi connectivity index (χ2n) is 4.50. The van der Waals surface area contributed by atoms with E-state index in [1.54, 1.807) is 6.92 Å². The molecular weight excluding hydrogens is 350 g/mol. The summed E-state index contributed by atoms with van der Waals surface area (Å²) in [5.74, 6) is -3.97. The van der Waals surface area contributed by atoms with Crippen LogP contribution in [0.4, 0.5) is 8.78 Å². The van der Waals surface area contributed by atoms with Crippen molar-refractivity contribution in [1.29, 1.82) is 0 Å². The number of benzene rings is 1. The zero-order valence-corrected chi connectivity index (χ0v) is 13.1. The Morgan fingerprint density at radius 1 is 1.33 bits per heavy atom. The predicted octanol–water partition coefficient (Wildman–Crippen LogP) is 1.75. The van der Waals surface area contributed by atoms with E-state index in [1.165, 1.54) is 0 Å². The van der Waals surface area contributed by atoms with Crippen LogP contribution in [0, 0.1) is 11.6 Å². The first-order valence-corrected chi connectivity index (χ1v) is 6.91. The van der Waals surface area contributed by atoms with Crippen molar-refractivity contribution >= 4 is 27.8 Å². The van der Waals surface area contributed by atoms with Crippen molar-refractivity contribution in [1.82, 2.24) is 10.6 Å². The summed E-state index contributed by atoms with van der Waals surface area (Å²) in [7, 11) is 0. The van der Waals surface area contributed by atoms with Gasteiger partial charge in [0, 0.05) is 11.6 Å². The van der Waals surface area contributed by atoms with E-state index in [9.17, 15) is 23.5 Å². The van der Waals surface area contributed by atoms with Crippen LogP contribution < -0.4 is 10.6 Å². The summed E-state index contributed by atoms with van der Waals surface area (Å²) in [5.41, 5.74) is -2.35. The van der Waals surface area contributed by atoms with Crippen molar-refractivity contribution in [2.75, 3.05) is 13.1 Å². The van der Waals surface area contributed by atoms with Crippen molar-refractivity contribution in [3.05, 3.63) is 33.8 Å². The van der Waals surface area contributed by atoms with E-state index in [1.807, 2.05) is 0 Å². The third-order valence-corrected chi connectivity index (χ3v) is 3.51. The summed E-state index contributed by atoms with van der Waals surface area (Å²) in [5, 5.41) is 14.3. The van der Waals surface area contributed by atoms with Crippen LogP contribution in [0.3, 0.4) is 0 Å². The molecule has 0 aliphatic rings. The Balaban J connectivity index is 3.19. The van der Waals surface area contributed by atoms with E-state index >= 15 is 0 Å². The summed E-state index contributed by atoms with van der Waals surface area (Å²) in [6.07, 6.45) is 0. The lowest BCUT2D eigenvalue weighted by molar-refractivity contribution is -0.147. The van der Waals surface area contributed by atoms with Gasteiger partial charge in [-0.2, -0.15) is 0 Å². The number of halogens is 3. The van der Waals surface area contributed by atoms with Crippen LogP contribution in [0.25, 0.3) is 0 Å². The van der Waals surface area contributed by atoms with E-state index in [0.29, 0.717) is 12.6 Å². The van der Waals surface area contributed by atoms with Gasteiger partial charge in [0.25, 0.3) is 0 Å². The highest BCUT2D eigenvalue weighted by Crippen LogP contribution is 2.29. The summed E-state index contributed by atoms with van der Waals surface area (Å²) in [6, 6.07) is 1.57. The van der Waals surface area contributed by atoms with E-state index in [0.717, 1.165) is 13.0 Å². The Morgan fingerprint density at radius 3 is 2.48 bits per heavy atom. The Labute approximate surface area is 128 Å². The molecule has 5 nitrogen and oxygen atoms in total. The second-order valence-corrected chi connectivity index (χ2v) is 5.36. The van der Waals surface area contributed by atoms with Crippen molar-refractivity contribution in [3.8, 4) is 0 Å². The quantitative estimate of drug-likeness (QED) is 0.672. The van der Waals surface area contributed by atoms with Gasteiger partial charge < -0.3 is 15.7 Å². The molecule has 0 aliphatic carbocycles. The summed E-state index contributed by atoms with van der Waals surface area (Å²) in [4.78, 5) is 23.2. The molecule has 0 heterocycles. The van der Waals surface area contributed by atoms with Crippen molar-refractivity contribution < 1.29 is 23.5 Å². The van der Waals surface area contributed by atoms with Gasteiger partial charge >= 0.3 is 5.97 Å². The molecule has 1 unspecified atom stereocenters. The van der Waals surface area contributed by atoms with Gasteiger partial charge in [-0.3, -0.25) is 4.79 Å². The SMILES string of the molecule is CCNCC(=O)NC(C)(C(=O)O)c1cc(Br)c(F)cc1F. The van der Waals surface area contributed by atoms with E-state index in [4.69, 9.17) is 0 Å².